The lowest BCUT2D eigenvalue weighted by Crippen LogP contribution is -2.09. The highest BCUT2D eigenvalue weighted by Gasteiger charge is 2.09. The van der Waals surface area contributed by atoms with E-state index in [9.17, 15) is 4.79 Å². The zero-order valence-electron chi connectivity index (χ0n) is 8.10. The first-order valence-electron chi connectivity index (χ1n) is 4.38. The van der Waals surface area contributed by atoms with Crippen LogP contribution in [0, 0.1) is 11.3 Å². The van der Waals surface area contributed by atoms with Gasteiger partial charge in [-0.1, -0.05) is 6.07 Å². The maximum absolute atomic E-state index is 11.2. The van der Waals surface area contributed by atoms with Crippen LogP contribution in [0.5, 0.6) is 0 Å². The smallest absolute Gasteiger partial charge is 0.408 e. The lowest BCUT2D eigenvalue weighted by atomic mass is 10.1. The molecule has 76 valence electrons. The largest absolute Gasteiger partial charge is 0.419 e. The van der Waals surface area contributed by atoms with Gasteiger partial charge >= 0.3 is 5.76 Å². The minimum atomic E-state index is -0.681. The summed E-state index contributed by atoms with van der Waals surface area (Å²) in [6.45, 7) is 0. The van der Waals surface area contributed by atoms with Gasteiger partial charge in [-0.3, -0.25) is 4.57 Å². The molecule has 2 rings (SSSR count). The second-order valence-corrected chi connectivity index (χ2v) is 3.26. The fraction of sp³-hybridized carbons (Fsp3) is 0.200. The molecule has 0 amide bonds. The molecule has 1 atom stereocenters. The van der Waals surface area contributed by atoms with Crippen LogP contribution in [0.1, 0.15) is 11.6 Å². The molecule has 0 fully saturated rings. The van der Waals surface area contributed by atoms with Gasteiger partial charge in [0.25, 0.3) is 0 Å². The summed E-state index contributed by atoms with van der Waals surface area (Å²) >= 11 is 0. The molecule has 0 aliphatic carbocycles. The van der Waals surface area contributed by atoms with E-state index in [4.69, 9.17) is 15.4 Å². The minimum absolute atomic E-state index is 0.423. The van der Waals surface area contributed by atoms with Crippen molar-refractivity contribution >= 4 is 11.1 Å². The molecule has 0 aliphatic heterocycles. The summed E-state index contributed by atoms with van der Waals surface area (Å²) in [4.78, 5) is 11.2. The summed E-state index contributed by atoms with van der Waals surface area (Å²) < 4.78 is 6.33. The van der Waals surface area contributed by atoms with Gasteiger partial charge in [0.15, 0.2) is 5.58 Å². The van der Waals surface area contributed by atoms with E-state index < -0.39 is 11.8 Å². The molecule has 2 aromatic rings. The third-order valence-corrected chi connectivity index (χ3v) is 2.31. The molecule has 2 N–H and O–H groups in total. The van der Waals surface area contributed by atoms with Crippen molar-refractivity contribution in [3.05, 3.63) is 34.3 Å². The van der Waals surface area contributed by atoms with E-state index in [0.29, 0.717) is 16.7 Å². The Hall–Kier alpha value is -2.06. The molecule has 15 heavy (non-hydrogen) atoms. The van der Waals surface area contributed by atoms with Crippen molar-refractivity contribution in [2.75, 3.05) is 0 Å². The molecule has 1 aromatic heterocycles. The first-order chi connectivity index (χ1) is 7.13. The average molecular weight is 203 g/mol. The number of hydrogen-bond acceptors (Lipinski definition) is 4. The number of rotatable bonds is 1. The number of hydrogen-bond donors (Lipinski definition) is 1. The van der Waals surface area contributed by atoms with E-state index in [1.54, 1.807) is 25.2 Å². The first-order valence-corrected chi connectivity index (χ1v) is 4.38. The zero-order valence-corrected chi connectivity index (χ0v) is 8.10. The lowest BCUT2D eigenvalue weighted by Gasteiger charge is -2.02. The Balaban J connectivity index is 2.71. The van der Waals surface area contributed by atoms with E-state index in [2.05, 4.69) is 0 Å². The Kier molecular flexibility index (Phi) is 2.06. The van der Waals surface area contributed by atoms with Crippen LogP contribution in [0.15, 0.2) is 27.4 Å². The topological polar surface area (TPSA) is 84.9 Å². The van der Waals surface area contributed by atoms with Gasteiger partial charge in [0.2, 0.25) is 0 Å². The second kappa shape index (κ2) is 3.26. The number of nitrogens with two attached hydrogens (primary N) is 1. The molecular formula is C10H9N3O2. The average Bonchev–Trinajstić information content (AvgIpc) is 2.54. The van der Waals surface area contributed by atoms with E-state index in [-0.39, 0.29) is 0 Å². The van der Waals surface area contributed by atoms with Crippen molar-refractivity contribution in [1.29, 1.82) is 5.26 Å². The minimum Gasteiger partial charge on any atom is -0.408 e. The summed E-state index contributed by atoms with van der Waals surface area (Å²) in [6, 6.07) is 6.26. The number of nitrogens with zero attached hydrogens (tertiary/aromatic N) is 2. The highest BCUT2D eigenvalue weighted by Crippen LogP contribution is 2.17. The van der Waals surface area contributed by atoms with Crippen LogP contribution in [-0.2, 0) is 7.05 Å². The van der Waals surface area contributed by atoms with Crippen LogP contribution in [0.3, 0.4) is 0 Å². The van der Waals surface area contributed by atoms with E-state index in [1.807, 2.05) is 6.07 Å². The second-order valence-electron chi connectivity index (χ2n) is 3.26. The molecule has 0 saturated carbocycles. The summed E-state index contributed by atoms with van der Waals surface area (Å²) in [5.74, 6) is -0.423. The van der Waals surface area contributed by atoms with Crippen LogP contribution in [-0.4, -0.2) is 4.57 Å². The third-order valence-electron chi connectivity index (χ3n) is 2.31. The van der Waals surface area contributed by atoms with E-state index in [0.717, 1.165) is 0 Å². The summed E-state index contributed by atoms with van der Waals surface area (Å²) in [6.07, 6.45) is 0. The maximum Gasteiger partial charge on any atom is 0.419 e. The highest BCUT2D eigenvalue weighted by atomic mass is 16.4. The van der Waals surface area contributed by atoms with Gasteiger partial charge in [-0.2, -0.15) is 5.26 Å². The van der Waals surface area contributed by atoms with Crippen molar-refractivity contribution in [3.8, 4) is 6.07 Å². The van der Waals surface area contributed by atoms with E-state index >= 15 is 0 Å². The Morgan fingerprint density at radius 3 is 3.00 bits per heavy atom. The highest BCUT2D eigenvalue weighted by molar-refractivity contribution is 5.74. The molecule has 0 radical (unpaired) electrons. The third kappa shape index (κ3) is 1.41. The summed E-state index contributed by atoms with van der Waals surface area (Å²) in [7, 11) is 1.61. The number of aryl methyl sites for hydroxylation is 1. The molecule has 0 bridgehead atoms. The molecule has 1 aromatic carbocycles. The van der Waals surface area contributed by atoms with Gasteiger partial charge in [-0.15, -0.1) is 0 Å². The number of aromatic nitrogens is 1. The van der Waals surface area contributed by atoms with Crippen molar-refractivity contribution in [2.24, 2.45) is 12.8 Å². The fourth-order valence-corrected chi connectivity index (χ4v) is 1.41. The van der Waals surface area contributed by atoms with Gasteiger partial charge in [0.1, 0.15) is 6.04 Å². The summed E-state index contributed by atoms with van der Waals surface area (Å²) in [5, 5.41) is 8.67. The predicted octanol–water partition coefficient (Wildman–Crippen LogP) is 0.655. The Labute approximate surface area is 85.3 Å². The monoisotopic (exact) mass is 203 g/mol. The molecule has 0 aliphatic rings. The number of oxazole rings is 1. The molecular weight excluding hydrogens is 194 g/mol. The van der Waals surface area contributed by atoms with Gasteiger partial charge in [-0.05, 0) is 17.7 Å². The molecule has 5 nitrogen and oxygen atoms in total. The standard InChI is InChI=1S/C10H9N3O2/c1-13-8-4-6(7(12)5-11)2-3-9(8)15-10(13)14/h2-4,7H,12H2,1H3. The first kappa shape index (κ1) is 9.49. The maximum atomic E-state index is 11.2. The molecule has 0 saturated heterocycles. The van der Waals surface area contributed by atoms with Crippen LogP contribution in [0.2, 0.25) is 0 Å². The molecule has 5 heteroatoms. The van der Waals surface area contributed by atoms with Crippen LogP contribution < -0.4 is 11.5 Å². The normalized spacial score (nSPS) is 12.6. The van der Waals surface area contributed by atoms with Crippen LogP contribution in [0.4, 0.5) is 0 Å². The zero-order chi connectivity index (χ0) is 11.0. The van der Waals surface area contributed by atoms with Gasteiger partial charge in [-0.25, -0.2) is 4.79 Å². The van der Waals surface area contributed by atoms with Crippen molar-refractivity contribution in [1.82, 2.24) is 4.57 Å². The predicted molar refractivity (Wildman–Crippen MR) is 54.0 cm³/mol. The molecule has 0 spiro atoms. The Morgan fingerprint density at radius 1 is 1.60 bits per heavy atom. The van der Waals surface area contributed by atoms with Crippen molar-refractivity contribution < 1.29 is 4.42 Å². The Morgan fingerprint density at radius 2 is 2.33 bits per heavy atom. The number of fused-ring (bicyclic) bond motifs is 1. The van der Waals surface area contributed by atoms with Gasteiger partial charge in [0, 0.05) is 7.05 Å². The molecule has 1 unspecified atom stereocenters. The fourth-order valence-electron chi connectivity index (χ4n) is 1.41. The van der Waals surface area contributed by atoms with Gasteiger partial charge in [0.05, 0.1) is 11.6 Å². The quantitative estimate of drug-likeness (QED) is 0.737. The SMILES string of the molecule is Cn1c(=O)oc2ccc(C(N)C#N)cc21. The lowest BCUT2D eigenvalue weighted by molar-refractivity contribution is 0.528. The van der Waals surface area contributed by atoms with Gasteiger partial charge < -0.3 is 10.2 Å². The van der Waals surface area contributed by atoms with E-state index in [1.165, 1.54) is 4.57 Å². The van der Waals surface area contributed by atoms with Crippen LogP contribution in [0.25, 0.3) is 11.1 Å². The van der Waals surface area contributed by atoms with Crippen molar-refractivity contribution in [2.45, 2.75) is 6.04 Å². The van der Waals surface area contributed by atoms with Crippen LogP contribution >= 0.6 is 0 Å². The summed E-state index contributed by atoms with van der Waals surface area (Å²) in [5.41, 5.74) is 7.37. The molecule has 1 heterocycles. The van der Waals surface area contributed by atoms with Crippen molar-refractivity contribution in [3.63, 3.8) is 0 Å². The Bertz CT molecular complexity index is 603. The number of benzene rings is 1. The number of nitriles is 1.